The molecule has 24 heavy (non-hydrogen) atoms. The van der Waals surface area contributed by atoms with Crippen molar-refractivity contribution in [3.63, 3.8) is 0 Å². The number of fused-ring (bicyclic) bond motifs is 2. The number of pyridine rings is 1. The van der Waals surface area contributed by atoms with Gasteiger partial charge >= 0.3 is 0 Å². The van der Waals surface area contributed by atoms with Gasteiger partial charge in [0.25, 0.3) is 0 Å². The molecule has 3 aromatic rings. The Morgan fingerprint density at radius 2 is 1.96 bits per heavy atom. The summed E-state index contributed by atoms with van der Waals surface area (Å²) >= 11 is 0. The molecule has 0 atom stereocenters. The van der Waals surface area contributed by atoms with Crippen molar-refractivity contribution < 1.29 is 14.2 Å². The lowest BCUT2D eigenvalue weighted by molar-refractivity contribution is 0.174. The molecule has 2 heterocycles. The Labute approximate surface area is 140 Å². The molecule has 2 aromatic carbocycles. The van der Waals surface area contributed by atoms with Crippen molar-refractivity contribution in [2.24, 2.45) is 0 Å². The van der Waals surface area contributed by atoms with Gasteiger partial charge in [-0.2, -0.15) is 0 Å². The van der Waals surface area contributed by atoms with Crippen LogP contribution in [0.5, 0.6) is 17.2 Å². The fourth-order valence-electron chi connectivity index (χ4n) is 2.91. The predicted octanol–water partition coefficient (Wildman–Crippen LogP) is 3.89. The number of nitrogens with zero attached hydrogens (tertiary/aromatic N) is 1. The summed E-state index contributed by atoms with van der Waals surface area (Å²) in [6.07, 6.45) is 0. The SMILES string of the molecule is COc1cccc(NCc2nc(C)cc3cc4c(cc23)OCO4)c1. The standard InChI is InChI=1S/C19H18N2O3/c1-12-6-13-7-18-19(24-11-23-18)9-16(13)17(21-12)10-20-14-4-3-5-15(8-14)22-2/h3-9,20H,10-11H2,1-2H3. The first-order valence-electron chi connectivity index (χ1n) is 7.81. The molecular formula is C19H18N2O3. The van der Waals surface area contributed by atoms with Crippen LogP contribution in [0.2, 0.25) is 0 Å². The maximum Gasteiger partial charge on any atom is 0.231 e. The second-order valence-corrected chi connectivity index (χ2v) is 5.72. The summed E-state index contributed by atoms with van der Waals surface area (Å²) in [6.45, 7) is 2.89. The summed E-state index contributed by atoms with van der Waals surface area (Å²) in [5.74, 6) is 2.39. The molecule has 0 saturated carbocycles. The third kappa shape index (κ3) is 2.69. The fourth-order valence-corrected chi connectivity index (χ4v) is 2.91. The van der Waals surface area contributed by atoms with Crippen molar-refractivity contribution in [2.45, 2.75) is 13.5 Å². The van der Waals surface area contributed by atoms with Gasteiger partial charge in [0.15, 0.2) is 11.5 Å². The molecule has 5 nitrogen and oxygen atoms in total. The predicted molar refractivity (Wildman–Crippen MR) is 92.9 cm³/mol. The van der Waals surface area contributed by atoms with E-state index in [0.29, 0.717) is 6.54 Å². The number of anilines is 1. The van der Waals surface area contributed by atoms with Crippen LogP contribution < -0.4 is 19.5 Å². The van der Waals surface area contributed by atoms with Crippen molar-refractivity contribution in [3.05, 3.63) is 53.9 Å². The summed E-state index contributed by atoms with van der Waals surface area (Å²) < 4.78 is 16.2. The van der Waals surface area contributed by atoms with E-state index >= 15 is 0 Å². The van der Waals surface area contributed by atoms with E-state index in [0.717, 1.165) is 45.1 Å². The Balaban J connectivity index is 1.68. The highest BCUT2D eigenvalue weighted by molar-refractivity contribution is 5.88. The van der Waals surface area contributed by atoms with Crippen molar-refractivity contribution >= 4 is 16.5 Å². The van der Waals surface area contributed by atoms with E-state index in [4.69, 9.17) is 19.2 Å². The molecule has 0 amide bonds. The number of hydrogen-bond acceptors (Lipinski definition) is 5. The topological polar surface area (TPSA) is 52.6 Å². The maximum atomic E-state index is 5.50. The second-order valence-electron chi connectivity index (χ2n) is 5.72. The minimum Gasteiger partial charge on any atom is -0.497 e. The minimum absolute atomic E-state index is 0.273. The zero-order valence-corrected chi connectivity index (χ0v) is 13.6. The first kappa shape index (κ1) is 14.6. The third-order valence-electron chi connectivity index (χ3n) is 4.06. The molecule has 0 aliphatic carbocycles. The van der Waals surface area contributed by atoms with Crippen LogP contribution in [0.4, 0.5) is 5.69 Å². The number of aryl methyl sites for hydroxylation is 1. The van der Waals surface area contributed by atoms with Gasteiger partial charge in [-0.05, 0) is 42.6 Å². The molecule has 0 saturated heterocycles. The lowest BCUT2D eigenvalue weighted by Crippen LogP contribution is -2.04. The minimum atomic E-state index is 0.273. The second kappa shape index (κ2) is 5.92. The molecule has 1 aliphatic heterocycles. The van der Waals surface area contributed by atoms with Gasteiger partial charge in [-0.25, -0.2) is 0 Å². The Kier molecular flexibility index (Phi) is 3.61. The van der Waals surface area contributed by atoms with Crippen molar-refractivity contribution in [3.8, 4) is 17.2 Å². The van der Waals surface area contributed by atoms with E-state index in [2.05, 4.69) is 11.4 Å². The molecule has 0 radical (unpaired) electrons. The summed E-state index contributed by atoms with van der Waals surface area (Å²) in [5.41, 5.74) is 2.95. The number of aromatic nitrogens is 1. The molecule has 4 rings (SSSR count). The van der Waals surface area contributed by atoms with E-state index in [-0.39, 0.29) is 6.79 Å². The van der Waals surface area contributed by atoms with E-state index in [1.807, 2.05) is 43.3 Å². The van der Waals surface area contributed by atoms with E-state index < -0.39 is 0 Å². The summed E-state index contributed by atoms with van der Waals surface area (Å²) in [5, 5.41) is 5.58. The molecule has 122 valence electrons. The lowest BCUT2D eigenvalue weighted by Gasteiger charge is -2.11. The van der Waals surface area contributed by atoms with E-state index in [1.54, 1.807) is 7.11 Å². The Bertz CT molecular complexity index is 908. The van der Waals surface area contributed by atoms with Gasteiger partial charge in [-0.15, -0.1) is 0 Å². The van der Waals surface area contributed by atoms with Crippen LogP contribution in [0.3, 0.4) is 0 Å². The van der Waals surface area contributed by atoms with Gasteiger partial charge in [0.1, 0.15) is 5.75 Å². The zero-order chi connectivity index (χ0) is 16.5. The molecule has 0 fully saturated rings. The van der Waals surface area contributed by atoms with Gasteiger partial charge in [0, 0.05) is 22.8 Å². The van der Waals surface area contributed by atoms with Crippen LogP contribution in [-0.2, 0) is 6.54 Å². The highest BCUT2D eigenvalue weighted by Gasteiger charge is 2.16. The number of hydrogen-bond donors (Lipinski definition) is 1. The Hall–Kier alpha value is -2.95. The smallest absolute Gasteiger partial charge is 0.231 e. The zero-order valence-electron chi connectivity index (χ0n) is 13.6. The molecule has 0 unspecified atom stereocenters. The monoisotopic (exact) mass is 322 g/mol. The van der Waals surface area contributed by atoms with Crippen LogP contribution >= 0.6 is 0 Å². The molecule has 0 bridgehead atoms. The fraction of sp³-hybridized carbons (Fsp3) is 0.211. The van der Waals surface area contributed by atoms with Gasteiger partial charge in [0.2, 0.25) is 6.79 Å². The van der Waals surface area contributed by atoms with Crippen LogP contribution in [-0.4, -0.2) is 18.9 Å². The van der Waals surface area contributed by atoms with Gasteiger partial charge < -0.3 is 19.5 Å². The highest BCUT2D eigenvalue weighted by atomic mass is 16.7. The van der Waals surface area contributed by atoms with Crippen LogP contribution in [0.1, 0.15) is 11.4 Å². The number of nitrogens with one attached hydrogen (secondary N) is 1. The largest absolute Gasteiger partial charge is 0.497 e. The first-order chi connectivity index (χ1) is 11.7. The van der Waals surface area contributed by atoms with Crippen molar-refractivity contribution in [1.29, 1.82) is 0 Å². The average molecular weight is 322 g/mol. The summed E-state index contributed by atoms with van der Waals surface area (Å²) in [6, 6.07) is 13.9. The Morgan fingerprint density at radius 3 is 2.79 bits per heavy atom. The molecule has 1 N–H and O–H groups in total. The molecule has 0 spiro atoms. The lowest BCUT2D eigenvalue weighted by atomic mass is 10.1. The molecule has 1 aromatic heterocycles. The van der Waals surface area contributed by atoms with Crippen LogP contribution in [0.25, 0.3) is 10.8 Å². The van der Waals surface area contributed by atoms with Crippen LogP contribution in [0, 0.1) is 6.92 Å². The summed E-state index contributed by atoms with van der Waals surface area (Å²) in [4.78, 5) is 4.69. The number of methoxy groups -OCH3 is 1. The van der Waals surface area contributed by atoms with E-state index in [9.17, 15) is 0 Å². The van der Waals surface area contributed by atoms with E-state index in [1.165, 1.54) is 0 Å². The van der Waals surface area contributed by atoms with Gasteiger partial charge in [0.05, 0.1) is 19.3 Å². The third-order valence-corrected chi connectivity index (χ3v) is 4.06. The Morgan fingerprint density at radius 1 is 1.12 bits per heavy atom. The number of rotatable bonds is 4. The van der Waals surface area contributed by atoms with Gasteiger partial charge in [-0.1, -0.05) is 6.07 Å². The molecular weight excluding hydrogens is 304 g/mol. The number of benzene rings is 2. The first-order valence-corrected chi connectivity index (χ1v) is 7.81. The van der Waals surface area contributed by atoms with Gasteiger partial charge in [-0.3, -0.25) is 4.98 Å². The number of ether oxygens (including phenoxy) is 3. The quantitative estimate of drug-likeness (QED) is 0.789. The maximum absolute atomic E-state index is 5.50. The molecule has 5 heteroatoms. The van der Waals surface area contributed by atoms with Crippen LogP contribution in [0.15, 0.2) is 42.5 Å². The normalized spacial score (nSPS) is 12.4. The average Bonchev–Trinajstić information content (AvgIpc) is 3.05. The molecule has 1 aliphatic rings. The summed E-state index contributed by atoms with van der Waals surface area (Å²) in [7, 11) is 1.66. The van der Waals surface area contributed by atoms with Crippen molar-refractivity contribution in [1.82, 2.24) is 4.98 Å². The van der Waals surface area contributed by atoms with Crippen molar-refractivity contribution in [2.75, 3.05) is 19.2 Å². The highest BCUT2D eigenvalue weighted by Crippen LogP contribution is 2.37.